The van der Waals surface area contributed by atoms with E-state index in [2.05, 4.69) is 88.4 Å². The van der Waals surface area contributed by atoms with Crippen LogP contribution < -0.4 is 0 Å². The van der Waals surface area contributed by atoms with Gasteiger partial charge in [0.05, 0.1) is 11.2 Å². The minimum atomic E-state index is -0.236. The Labute approximate surface area is 266 Å². The summed E-state index contributed by atoms with van der Waals surface area (Å²) in [6.45, 7) is 12.7. The summed E-state index contributed by atoms with van der Waals surface area (Å²) in [5.74, 6) is 0. The van der Waals surface area contributed by atoms with Crippen molar-refractivity contribution in [3.05, 3.63) is 71.8 Å². The predicted octanol–water partition coefficient (Wildman–Crippen LogP) is 11.3. The van der Waals surface area contributed by atoms with Crippen LogP contribution in [0.2, 0.25) is 0 Å². The summed E-state index contributed by atoms with van der Waals surface area (Å²) in [5.41, 5.74) is 2.23. The Morgan fingerprint density at radius 2 is 0.791 bits per heavy atom. The van der Waals surface area contributed by atoms with Gasteiger partial charge in [-0.3, -0.25) is 0 Å². The molecule has 2 rings (SSSR count). The van der Waals surface area contributed by atoms with Crippen LogP contribution in [0.25, 0.3) is 0 Å². The van der Waals surface area contributed by atoms with Crippen molar-refractivity contribution in [2.24, 2.45) is 0 Å². The van der Waals surface area contributed by atoms with Crippen LogP contribution >= 0.6 is 0 Å². The van der Waals surface area contributed by atoms with E-state index >= 15 is 0 Å². The van der Waals surface area contributed by atoms with Gasteiger partial charge in [-0.05, 0) is 76.3 Å². The Morgan fingerprint density at radius 3 is 1.16 bits per heavy atom. The van der Waals surface area contributed by atoms with Gasteiger partial charge >= 0.3 is 0 Å². The number of unbranched alkanes of at least 4 members (excludes halogenated alkanes) is 10. The smallest absolute Gasteiger partial charge is 0.0702 e. The summed E-state index contributed by atoms with van der Waals surface area (Å²) < 4.78 is 19.3. The molecule has 3 nitrogen and oxygen atoms in total. The van der Waals surface area contributed by atoms with Crippen molar-refractivity contribution in [2.75, 3.05) is 26.4 Å². The van der Waals surface area contributed by atoms with Crippen LogP contribution in [-0.4, -0.2) is 37.6 Å². The molecule has 0 heterocycles. The zero-order chi connectivity index (χ0) is 30.9. The van der Waals surface area contributed by atoms with Gasteiger partial charge in [-0.25, -0.2) is 0 Å². The summed E-state index contributed by atoms with van der Waals surface area (Å²) in [5, 5.41) is 0. The number of benzene rings is 2. The van der Waals surface area contributed by atoms with E-state index in [-0.39, 0.29) is 11.2 Å². The van der Waals surface area contributed by atoms with Gasteiger partial charge in [-0.2, -0.15) is 0 Å². The van der Waals surface area contributed by atoms with Gasteiger partial charge in [-0.15, -0.1) is 0 Å². The van der Waals surface area contributed by atoms with Crippen molar-refractivity contribution in [3.8, 4) is 0 Å². The number of hydrogen-bond donors (Lipinski definition) is 0. The molecule has 0 spiro atoms. The molecule has 0 saturated carbocycles. The number of rotatable bonds is 28. The maximum absolute atomic E-state index is 7.32. The van der Waals surface area contributed by atoms with E-state index in [0.29, 0.717) is 0 Å². The Hall–Kier alpha value is -1.68. The molecule has 2 aromatic carbocycles. The molecule has 0 bridgehead atoms. The fourth-order valence-corrected chi connectivity index (χ4v) is 6.23. The lowest BCUT2D eigenvalue weighted by atomic mass is 9.86. The lowest BCUT2D eigenvalue weighted by molar-refractivity contribution is -0.149. The van der Waals surface area contributed by atoms with E-state index < -0.39 is 0 Å². The molecule has 43 heavy (non-hydrogen) atoms. The summed E-state index contributed by atoms with van der Waals surface area (Å²) in [4.78, 5) is 0. The summed E-state index contributed by atoms with van der Waals surface area (Å²) in [6.07, 6.45) is 21.3. The molecule has 0 saturated heterocycles. The van der Waals surface area contributed by atoms with E-state index in [4.69, 9.17) is 14.2 Å². The van der Waals surface area contributed by atoms with E-state index in [1.807, 2.05) is 0 Å². The molecular weight excluding hydrogens is 528 g/mol. The maximum Gasteiger partial charge on any atom is 0.0702 e. The topological polar surface area (TPSA) is 27.7 Å². The molecule has 0 radical (unpaired) electrons. The highest BCUT2D eigenvalue weighted by Gasteiger charge is 2.36. The second kappa shape index (κ2) is 23.7. The maximum atomic E-state index is 7.32. The normalized spacial score (nSPS) is 14.4. The van der Waals surface area contributed by atoms with Gasteiger partial charge in [0.15, 0.2) is 0 Å². The van der Waals surface area contributed by atoms with Gasteiger partial charge in [0, 0.05) is 39.3 Å². The second-order valence-corrected chi connectivity index (χ2v) is 13.3. The van der Waals surface area contributed by atoms with E-state index in [1.54, 1.807) is 0 Å². The van der Waals surface area contributed by atoms with E-state index in [0.717, 1.165) is 77.8 Å². The number of ether oxygens (including phenoxy) is 3. The lowest BCUT2D eigenvalue weighted by Crippen LogP contribution is -2.44. The predicted molar refractivity (Wildman–Crippen MR) is 185 cm³/mol. The number of hydrogen-bond acceptors (Lipinski definition) is 3. The summed E-state index contributed by atoms with van der Waals surface area (Å²) in [7, 11) is 0. The highest BCUT2D eigenvalue weighted by Crippen LogP contribution is 2.34. The average molecular weight is 595 g/mol. The van der Waals surface area contributed by atoms with Crippen molar-refractivity contribution in [1.29, 1.82) is 0 Å². The van der Waals surface area contributed by atoms with Gasteiger partial charge in [-0.1, -0.05) is 126 Å². The Morgan fingerprint density at radius 1 is 0.442 bits per heavy atom. The average Bonchev–Trinajstić information content (AvgIpc) is 3.00. The SMILES string of the molecule is CCCCCCCOCCCCC(C)(Cc1ccccc1)OC(C)(CCCCOCCCCCCC)Cc1ccccc1. The van der Waals surface area contributed by atoms with Gasteiger partial charge in [0.25, 0.3) is 0 Å². The zero-order valence-electron chi connectivity index (χ0n) is 28.6. The first-order chi connectivity index (χ1) is 21.0. The summed E-state index contributed by atoms with van der Waals surface area (Å²) >= 11 is 0. The Balaban J connectivity index is 1.94. The third-order valence-corrected chi connectivity index (χ3v) is 8.61. The summed E-state index contributed by atoms with van der Waals surface area (Å²) in [6, 6.07) is 21.8. The third-order valence-electron chi connectivity index (χ3n) is 8.61. The minimum Gasteiger partial charge on any atom is -0.381 e. The highest BCUT2D eigenvalue weighted by atomic mass is 16.5. The van der Waals surface area contributed by atoms with E-state index in [9.17, 15) is 0 Å². The van der Waals surface area contributed by atoms with Crippen LogP contribution in [0.1, 0.15) is 142 Å². The molecule has 0 aromatic heterocycles. The first-order valence-corrected chi connectivity index (χ1v) is 17.9. The molecule has 3 heteroatoms. The van der Waals surface area contributed by atoms with Crippen molar-refractivity contribution in [1.82, 2.24) is 0 Å². The molecule has 0 aliphatic rings. The quantitative estimate of drug-likeness (QED) is 0.0917. The largest absolute Gasteiger partial charge is 0.381 e. The van der Waals surface area contributed by atoms with Crippen molar-refractivity contribution in [2.45, 2.75) is 154 Å². The highest BCUT2D eigenvalue weighted by molar-refractivity contribution is 5.19. The third kappa shape index (κ3) is 18.7. The minimum absolute atomic E-state index is 0.236. The molecular formula is C40H66O3. The fraction of sp³-hybridized carbons (Fsp3) is 0.700. The van der Waals surface area contributed by atoms with Crippen LogP contribution in [0.3, 0.4) is 0 Å². The zero-order valence-corrected chi connectivity index (χ0v) is 28.6. The van der Waals surface area contributed by atoms with Gasteiger partial charge in [0.2, 0.25) is 0 Å². The molecule has 244 valence electrons. The molecule has 0 fully saturated rings. The van der Waals surface area contributed by atoms with Crippen LogP contribution in [-0.2, 0) is 27.1 Å². The monoisotopic (exact) mass is 595 g/mol. The first kappa shape index (κ1) is 37.5. The Bertz CT molecular complexity index is 812. The van der Waals surface area contributed by atoms with Crippen LogP contribution in [0, 0.1) is 0 Å². The van der Waals surface area contributed by atoms with Gasteiger partial charge in [0.1, 0.15) is 0 Å². The molecule has 2 unspecified atom stereocenters. The molecule has 2 aromatic rings. The Kier molecular flexibility index (Phi) is 20.6. The second-order valence-electron chi connectivity index (χ2n) is 13.3. The molecule has 0 N–H and O–H groups in total. The van der Waals surface area contributed by atoms with E-state index in [1.165, 1.54) is 75.3 Å². The standard InChI is InChI=1S/C40H66O3/c1-5-7-9-11-21-31-41-33-23-19-29-39(3,35-37-25-15-13-16-26-37)43-40(4,36-38-27-17-14-18-28-38)30-20-24-34-42-32-22-12-10-8-6-2/h13-18,25-28H,5-12,19-24,29-36H2,1-4H3. The molecule has 2 atom stereocenters. The van der Waals surface area contributed by atoms with Crippen LogP contribution in [0.15, 0.2) is 60.7 Å². The van der Waals surface area contributed by atoms with Crippen molar-refractivity contribution >= 4 is 0 Å². The molecule has 0 amide bonds. The van der Waals surface area contributed by atoms with Crippen molar-refractivity contribution in [3.63, 3.8) is 0 Å². The van der Waals surface area contributed by atoms with Crippen molar-refractivity contribution < 1.29 is 14.2 Å². The van der Waals surface area contributed by atoms with Crippen LogP contribution in [0.4, 0.5) is 0 Å². The van der Waals surface area contributed by atoms with Gasteiger partial charge < -0.3 is 14.2 Å². The lowest BCUT2D eigenvalue weighted by Gasteiger charge is -2.41. The molecule has 0 aliphatic carbocycles. The van der Waals surface area contributed by atoms with Crippen LogP contribution in [0.5, 0.6) is 0 Å². The fourth-order valence-electron chi connectivity index (χ4n) is 6.23. The first-order valence-electron chi connectivity index (χ1n) is 17.9. The molecule has 0 aliphatic heterocycles.